The molecule has 18 heavy (non-hydrogen) atoms. The Labute approximate surface area is 108 Å². The molecule has 1 atom stereocenters. The van der Waals surface area contributed by atoms with Crippen molar-refractivity contribution in [3.8, 4) is 0 Å². The first-order valence-corrected chi connectivity index (χ1v) is 6.63. The Hall–Kier alpha value is -1.83. The molecule has 0 spiro atoms. The second kappa shape index (κ2) is 5.21. The molecule has 1 aliphatic heterocycles. The predicted molar refractivity (Wildman–Crippen MR) is 74.9 cm³/mol. The Morgan fingerprint density at radius 3 is 2.56 bits per heavy atom. The summed E-state index contributed by atoms with van der Waals surface area (Å²) in [5, 5.41) is 0. The molecule has 2 heterocycles. The number of nitrogens with zero attached hydrogens (tertiary/aromatic N) is 2. The van der Waals surface area contributed by atoms with Gasteiger partial charge in [0.1, 0.15) is 0 Å². The third kappa shape index (κ3) is 2.37. The van der Waals surface area contributed by atoms with Gasteiger partial charge in [0, 0.05) is 37.1 Å². The number of benzene rings is 1. The zero-order valence-corrected chi connectivity index (χ0v) is 10.5. The lowest BCUT2D eigenvalue weighted by atomic mass is 9.90. The summed E-state index contributed by atoms with van der Waals surface area (Å²) in [5.41, 5.74) is 2.77. The first kappa shape index (κ1) is 11.3. The molecule has 92 valence electrons. The molecule has 2 heteroatoms. The number of rotatable bonds is 2. The zero-order valence-electron chi connectivity index (χ0n) is 10.5. The van der Waals surface area contributed by atoms with Crippen molar-refractivity contribution in [3.05, 3.63) is 60.4 Å². The summed E-state index contributed by atoms with van der Waals surface area (Å²) in [4.78, 5) is 6.57. The molecule has 0 amide bonds. The fourth-order valence-electron chi connectivity index (χ4n) is 2.76. The van der Waals surface area contributed by atoms with E-state index in [4.69, 9.17) is 0 Å². The van der Waals surface area contributed by atoms with Crippen LogP contribution in [0.15, 0.2) is 54.9 Å². The number of hydrogen-bond acceptors (Lipinski definition) is 2. The molecule has 0 aliphatic carbocycles. The average Bonchev–Trinajstić information content (AvgIpc) is 2.49. The van der Waals surface area contributed by atoms with Crippen LogP contribution in [0.5, 0.6) is 0 Å². The lowest BCUT2D eigenvalue weighted by Crippen LogP contribution is -2.34. The van der Waals surface area contributed by atoms with Gasteiger partial charge in [0.25, 0.3) is 0 Å². The van der Waals surface area contributed by atoms with Crippen molar-refractivity contribution in [2.24, 2.45) is 0 Å². The van der Waals surface area contributed by atoms with E-state index in [9.17, 15) is 0 Å². The van der Waals surface area contributed by atoms with Crippen molar-refractivity contribution in [1.29, 1.82) is 0 Å². The van der Waals surface area contributed by atoms with Crippen LogP contribution < -0.4 is 4.90 Å². The molecule has 0 saturated carbocycles. The molecule has 3 rings (SSSR count). The van der Waals surface area contributed by atoms with Crippen LogP contribution in [0.4, 0.5) is 5.69 Å². The van der Waals surface area contributed by atoms with E-state index in [0.717, 1.165) is 13.1 Å². The highest BCUT2D eigenvalue weighted by Gasteiger charge is 2.21. The molecule has 2 aromatic rings. The Bertz CT molecular complexity index is 435. The highest BCUT2D eigenvalue weighted by molar-refractivity contribution is 5.45. The maximum Gasteiger partial charge on any atom is 0.0397 e. The van der Waals surface area contributed by atoms with E-state index in [-0.39, 0.29) is 0 Å². The first-order chi connectivity index (χ1) is 8.93. The van der Waals surface area contributed by atoms with Crippen LogP contribution >= 0.6 is 0 Å². The Kier molecular flexibility index (Phi) is 3.26. The summed E-state index contributed by atoms with van der Waals surface area (Å²) < 4.78 is 0. The summed E-state index contributed by atoms with van der Waals surface area (Å²) in [6, 6.07) is 15.1. The third-order valence-corrected chi connectivity index (χ3v) is 3.72. The maximum absolute atomic E-state index is 4.09. The fraction of sp³-hybridized carbons (Fsp3) is 0.312. The zero-order chi connectivity index (χ0) is 12.2. The van der Waals surface area contributed by atoms with Gasteiger partial charge in [-0.3, -0.25) is 4.98 Å². The van der Waals surface area contributed by atoms with E-state index in [2.05, 4.69) is 52.3 Å². The Morgan fingerprint density at radius 2 is 1.78 bits per heavy atom. The Balaban J connectivity index is 1.77. The lowest BCUT2D eigenvalue weighted by molar-refractivity contribution is 0.510. The van der Waals surface area contributed by atoms with E-state index in [1.165, 1.54) is 24.1 Å². The van der Waals surface area contributed by atoms with Crippen molar-refractivity contribution < 1.29 is 0 Å². The van der Waals surface area contributed by atoms with E-state index >= 15 is 0 Å². The van der Waals surface area contributed by atoms with Gasteiger partial charge in [-0.2, -0.15) is 0 Å². The van der Waals surface area contributed by atoms with Gasteiger partial charge < -0.3 is 4.90 Å². The van der Waals surface area contributed by atoms with E-state index in [0.29, 0.717) is 5.92 Å². The number of pyridine rings is 1. The lowest BCUT2D eigenvalue weighted by Gasteiger charge is -2.34. The molecule has 1 aliphatic rings. The van der Waals surface area contributed by atoms with Gasteiger partial charge in [-0.05, 0) is 30.5 Å². The van der Waals surface area contributed by atoms with Crippen LogP contribution in [0.1, 0.15) is 24.3 Å². The summed E-state index contributed by atoms with van der Waals surface area (Å²) in [6.45, 7) is 2.28. The van der Waals surface area contributed by atoms with Crippen LogP contribution in [0.3, 0.4) is 0 Å². The predicted octanol–water partition coefficient (Wildman–Crippen LogP) is 3.47. The van der Waals surface area contributed by atoms with Crippen LogP contribution in [0.25, 0.3) is 0 Å². The topological polar surface area (TPSA) is 16.1 Å². The van der Waals surface area contributed by atoms with Gasteiger partial charge in [0.15, 0.2) is 0 Å². The smallest absolute Gasteiger partial charge is 0.0397 e. The normalized spacial score (nSPS) is 19.8. The number of hydrogen-bond donors (Lipinski definition) is 0. The summed E-state index contributed by atoms with van der Waals surface area (Å²) in [5.74, 6) is 0.660. The maximum atomic E-state index is 4.09. The van der Waals surface area contributed by atoms with Gasteiger partial charge in [0.2, 0.25) is 0 Å². The SMILES string of the molecule is c1ccc(C2CCCN(c3ccncc3)C2)cc1. The summed E-state index contributed by atoms with van der Waals surface area (Å²) in [6.07, 6.45) is 6.32. The molecule has 0 N–H and O–H groups in total. The monoisotopic (exact) mass is 238 g/mol. The summed E-state index contributed by atoms with van der Waals surface area (Å²) in [7, 11) is 0. The second-order valence-electron chi connectivity index (χ2n) is 4.90. The van der Waals surface area contributed by atoms with Crippen molar-refractivity contribution in [3.63, 3.8) is 0 Å². The van der Waals surface area contributed by atoms with Crippen molar-refractivity contribution in [2.75, 3.05) is 18.0 Å². The van der Waals surface area contributed by atoms with E-state index in [1.54, 1.807) is 0 Å². The quantitative estimate of drug-likeness (QED) is 0.796. The van der Waals surface area contributed by atoms with Gasteiger partial charge >= 0.3 is 0 Å². The van der Waals surface area contributed by atoms with Gasteiger partial charge in [0.05, 0.1) is 0 Å². The van der Waals surface area contributed by atoms with Gasteiger partial charge in [-0.15, -0.1) is 0 Å². The minimum Gasteiger partial charge on any atom is -0.371 e. The largest absolute Gasteiger partial charge is 0.371 e. The molecule has 1 fully saturated rings. The minimum absolute atomic E-state index is 0.660. The van der Waals surface area contributed by atoms with E-state index in [1.807, 2.05) is 12.4 Å². The standard InChI is InChI=1S/C16H18N2/c1-2-5-14(6-3-1)15-7-4-12-18(13-15)16-8-10-17-11-9-16/h1-3,5-6,8-11,15H,4,7,12-13H2. The molecule has 1 aromatic heterocycles. The molecule has 0 bridgehead atoms. The average molecular weight is 238 g/mol. The van der Waals surface area contributed by atoms with Crippen molar-refractivity contribution in [2.45, 2.75) is 18.8 Å². The second-order valence-corrected chi connectivity index (χ2v) is 4.90. The molecule has 1 unspecified atom stereocenters. The highest BCUT2D eigenvalue weighted by atomic mass is 15.1. The molecule has 2 nitrogen and oxygen atoms in total. The number of aromatic nitrogens is 1. The van der Waals surface area contributed by atoms with Crippen LogP contribution in [0, 0.1) is 0 Å². The fourth-order valence-corrected chi connectivity index (χ4v) is 2.76. The molecule has 1 aromatic carbocycles. The van der Waals surface area contributed by atoms with Crippen LogP contribution in [-0.2, 0) is 0 Å². The van der Waals surface area contributed by atoms with Crippen LogP contribution in [-0.4, -0.2) is 18.1 Å². The summed E-state index contributed by atoms with van der Waals surface area (Å²) >= 11 is 0. The minimum atomic E-state index is 0.660. The third-order valence-electron chi connectivity index (χ3n) is 3.72. The number of piperidine rings is 1. The highest BCUT2D eigenvalue weighted by Crippen LogP contribution is 2.29. The van der Waals surface area contributed by atoms with Gasteiger partial charge in [-0.1, -0.05) is 30.3 Å². The molecule has 0 radical (unpaired) electrons. The van der Waals surface area contributed by atoms with Crippen LogP contribution in [0.2, 0.25) is 0 Å². The first-order valence-electron chi connectivity index (χ1n) is 6.63. The van der Waals surface area contributed by atoms with Gasteiger partial charge in [-0.25, -0.2) is 0 Å². The number of anilines is 1. The van der Waals surface area contributed by atoms with Crippen molar-refractivity contribution in [1.82, 2.24) is 4.98 Å². The Morgan fingerprint density at radius 1 is 1.00 bits per heavy atom. The molecular formula is C16H18N2. The van der Waals surface area contributed by atoms with E-state index < -0.39 is 0 Å². The van der Waals surface area contributed by atoms with Crippen molar-refractivity contribution >= 4 is 5.69 Å². The molecular weight excluding hydrogens is 220 g/mol. The molecule has 1 saturated heterocycles.